The van der Waals surface area contributed by atoms with Gasteiger partial charge >= 0.3 is 39.5 Å². The maximum atomic E-state index is 13.1. The molecule has 0 saturated heterocycles. The molecule has 3 N–H and O–H groups in total. The van der Waals surface area contributed by atoms with Gasteiger partial charge in [-0.1, -0.05) is 395 Å². The number of esters is 4. The van der Waals surface area contributed by atoms with E-state index in [0.29, 0.717) is 25.7 Å². The third kappa shape index (κ3) is 76.6. The first-order chi connectivity index (χ1) is 49.9. The lowest BCUT2D eigenvalue weighted by molar-refractivity contribution is -0.161. The molecule has 0 aliphatic rings. The molecule has 103 heavy (non-hydrogen) atoms. The maximum Gasteiger partial charge on any atom is 0.472 e. The summed E-state index contributed by atoms with van der Waals surface area (Å²) in [6.45, 7) is 9.62. The Morgan fingerprint density at radius 2 is 0.495 bits per heavy atom. The van der Waals surface area contributed by atoms with Gasteiger partial charge in [0.15, 0.2) is 12.2 Å². The van der Waals surface area contributed by atoms with E-state index in [1.807, 2.05) is 0 Å². The number of rotatable bonds is 83. The molecule has 0 amide bonds. The lowest BCUT2D eigenvalue weighted by atomic mass is 9.99. The van der Waals surface area contributed by atoms with E-state index in [1.165, 1.54) is 257 Å². The lowest BCUT2D eigenvalue weighted by Gasteiger charge is -2.21. The molecule has 19 heteroatoms. The van der Waals surface area contributed by atoms with Crippen LogP contribution in [0.3, 0.4) is 0 Å². The zero-order valence-electron chi connectivity index (χ0n) is 67.6. The second-order valence-corrected chi connectivity index (χ2v) is 33.8. The normalized spacial score (nSPS) is 14.1. The van der Waals surface area contributed by atoms with E-state index in [1.54, 1.807) is 0 Å². The minimum absolute atomic E-state index is 0.106. The molecular weight excluding hydrogens is 1340 g/mol. The second kappa shape index (κ2) is 75.5. The molecule has 17 nitrogen and oxygen atoms in total. The highest BCUT2D eigenvalue weighted by atomic mass is 31.2. The van der Waals surface area contributed by atoms with Gasteiger partial charge in [0, 0.05) is 25.7 Å². The summed E-state index contributed by atoms with van der Waals surface area (Å²) >= 11 is 0. The zero-order chi connectivity index (χ0) is 75.6. The third-order valence-corrected chi connectivity index (χ3v) is 22.0. The third-order valence-electron chi connectivity index (χ3n) is 20.1. The van der Waals surface area contributed by atoms with Crippen molar-refractivity contribution >= 4 is 39.5 Å². The Morgan fingerprint density at radius 1 is 0.282 bits per heavy atom. The van der Waals surface area contributed by atoms with Crippen molar-refractivity contribution in [3.05, 3.63) is 0 Å². The fourth-order valence-electron chi connectivity index (χ4n) is 13.0. The molecule has 0 aromatic carbocycles. The van der Waals surface area contributed by atoms with Gasteiger partial charge in [-0.25, -0.2) is 9.13 Å². The maximum absolute atomic E-state index is 13.1. The van der Waals surface area contributed by atoms with Crippen molar-refractivity contribution in [2.45, 2.75) is 464 Å². The fourth-order valence-corrected chi connectivity index (χ4v) is 14.6. The van der Waals surface area contributed by atoms with Crippen LogP contribution in [0.4, 0.5) is 0 Å². The van der Waals surface area contributed by atoms with Gasteiger partial charge in [0.05, 0.1) is 26.4 Å². The average molecular weight is 1510 g/mol. The van der Waals surface area contributed by atoms with Gasteiger partial charge in [0.1, 0.15) is 19.3 Å². The van der Waals surface area contributed by atoms with Crippen LogP contribution in [-0.2, 0) is 65.4 Å². The number of aliphatic hydroxyl groups is 1. The van der Waals surface area contributed by atoms with Crippen LogP contribution in [0.25, 0.3) is 0 Å². The summed E-state index contributed by atoms with van der Waals surface area (Å²) in [5.74, 6) is -0.482. The summed E-state index contributed by atoms with van der Waals surface area (Å²) in [5.41, 5.74) is 0. The summed E-state index contributed by atoms with van der Waals surface area (Å²) in [4.78, 5) is 72.8. The van der Waals surface area contributed by atoms with Crippen LogP contribution in [-0.4, -0.2) is 96.7 Å². The van der Waals surface area contributed by atoms with Crippen LogP contribution in [0, 0.1) is 11.8 Å². The average Bonchev–Trinajstić information content (AvgIpc) is 1.18. The molecule has 3 unspecified atom stereocenters. The number of carbonyl (C=O) groups excluding carboxylic acids is 4. The van der Waals surface area contributed by atoms with Gasteiger partial charge in [-0.3, -0.25) is 37.3 Å². The Morgan fingerprint density at radius 3 is 0.738 bits per heavy atom. The number of phosphoric acid groups is 2. The first kappa shape index (κ1) is 101. The highest BCUT2D eigenvalue weighted by molar-refractivity contribution is 7.47. The van der Waals surface area contributed by atoms with Gasteiger partial charge in [0.2, 0.25) is 0 Å². The first-order valence-corrected chi connectivity index (χ1v) is 46.5. The van der Waals surface area contributed by atoms with E-state index in [4.69, 9.17) is 37.0 Å². The summed E-state index contributed by atoms with van der Waals surface area (Å²) in [5, 5.41) is 10.6. The summed E-state index contributed by atoms with van der Waals surface area (Å²) in [6, 6.07) is 0. The van der Waals surface area contributed by atoms with E-state index < -0.39 is 97.5 Å². The van der Waals surface area contributed by atoms with Gasteiger partial charge in [-0.05, 0) is 37.5 Å². The van der Waals surface area contributed by atoms with Gasteiger partial charge in [-0.15, -0.1) is 0 Å². The van der Waals surface area contributed by atoms with E-state index >= 15 is 0 Å². The molecule has 0 aliphatic heterocycles. The molecule has 0 fully saturated rings. The standard InChI is InChI=1S/C84H164O17P2/c1-7-10-12-14-15-16-17-18-19-20-21-22-23-24-28-31-34-39-44-49-55-61-67-82(87)95-73-80(101-84(89)68-62-56-50-45-40-35-32-29-26-25-27-30-33-38-43-48-54-59-65-77(6)9-3)75-99-103(92,93)97-71-78(85)70-96-102(90,91)98-74-79(72-94-81(86)66-60-52-13-11-8-2)100-83(88)69-63-57-51-46-41-36-37-42-47-53-58-64-76(4)5/h76-80,85H,7-75H2,1-6H3,(H,90,91)(H,92,93)/t77?,78-,79+,80+/m0/s1. The van der Waals surface area contributed by atoms with Crippen LogP contribution >= 0.6 is 15.6 Å². The highest BCUT2D eigenvalue weighted by Crippen LogP contribution is 2.45. The van der Waals surface area contributed by atoms with Crippen LogP contribution < -0.4 is 0 Å². The Kier molecular flexibility index (Phi) is 74.1. The number of hydrogen-bond acceptors (Lipinski definition) is 15. The van der Waals surface area contributed by atoms with Crippen LogP contribution in [0.1, 0.15) is 446 Å². The van der Waals surface area contributed by atoms with Gasteiger partial charge in [0.25, 0.3) is 0 Å². The number of phosphoric ester groups is 2. The van der Waals surface area contributed by atoms with E-state index in [2.05, 4.69) is 41.5 Å². The van der Waals surface area contributed by atoms with E-state index in [0.717, 1.165) is 108 Å². The van der Waals surface area contributed by atoms with Crippen molar-refractivity contribution in [3.63, 3.8) is 0 Å². The smallest absolute Gasteiger partial charge is 0.462 e. The van der Waals surface area contributed by atoms with Crippen molar-refractivity contribution in [3.8, 4) is 0 Å². The summed E-state index contributed by atoms with van der Waals surface area (Å²) in [6.07, 6.45) is 67.3. The monoisotopic (exact) mass is 1510 g/mol. The predicted octanol–water partition coefficient (Wildman–Crippen LogP) is 25.5. The molecule has 0 aliphatic carbocycles. The molecule has 0 radical (unpaired) electrons. The molecule has 0 bridgehead atoms. The van der Waals surface area contributed by atoms with E-state index in [9.17, 15) is 43.2 Å². The molecule has 0 saturated carbocycles. The topological polar surface area (TPSA) is 237 Å². The van der Waals surface area contributed by atoms with Crippen LogP contribution in [0.5, 0.6) is 0 Å². The largest absolute Gasteiger partial charge is 0.472 e. The molecule has 0 rings (SSSR count). The number of aliphatic hydroxyl groups excluding tert-OH is 1. The predicted molar refractivity (Wildman–Crippen MR) is 423 cm³/mol. The van der Waals surface area contributed by atoms with Crippen molar-refractivity contribution in [2.24, 2.45) is 11.8 Å². The quantitative estimate of drug-likeness (QED) is 0.0222. The molecule has 612 valence electrons. The Hall–Kier alpha value is -1.94. The van der Waals surface area contributed by atoms with Crippen molar-refractivity contribution < 1.29 is 80.2 Å². The minimum Gasteiger partial charge on any atom is -0.462 e. The molecule has 0 aromatic rings. The van der Waals surface area contributed by atoms with Crippen molar-refractivity contribution in [1.29, 1.82) is 0 Å². The number of hydrogen-bond donors (Lipinski definition) is 3. The van der Waals surface area contributed by atoms with Crippen molar-refractivity contribution in [1.82, 2.24) is 0 Å². The zero-order valence-corrected chi connectivity index (χ0v) is 69.4. The van der Waals surface area contributed by atoms with Gasteiger partial charge < -0.3 is 33.8 Å². The highest BCUT2D eigenvalue weighted by Gasteiger charge is 2.30. The SMILES string of the molecule is CCCCCCCCCCCCCCCCCCCCCCCCC(=O)OC[C@H](COP(=O)(O)OC[C@@H](O)COP(=O)(O)OC[C@@H](COC(=O)CCCCCCC)OC(=O)CCCCCCCCCCCCCC(C)C)OC(=O)CCCCCCCCCCCCCCCCCCCCC(C)CC. The molecule has 6 atom stereocenters. The molecule has 0 aromatic heterocycles. The Balaban J connectivity index is 5.10. The fraction of sp³-hybridized carbons (Fsp3) is 0.952. The summed E-state index contributed by atoms with van der Waals surface area (Å²) < 4.78 is 68.5. The van der Waals surface area contributed by atoms with Crippen LogP contribution in [0.15, 0.2) is 0 Å². The molecule has 0 spiro atoms. The molecule has 0 heterocycles. The Labute approximate surface area is 632 Å². The van der Waals surface area contributed by atoms with E-state index in [-0.39, 0.29) is 25.7 Å². The first-order valence-electron chi connectivity index (χ1n) is 43.5. The molecular formula is C84H164O17P2. The van der Waals surface area contributed by atoms with Crippen LogP contribution in [0.2, 0.25) is 0 Å². The second-order valence-electron chi connectivity index (χ2n) is 30.9. The lowest BCUT2D eigenvalue weighted by Crippen LogP contribution is -2.30. The van der Waals surface area contributed by atoms with Crippen molar-refractivity contribution in [2.75, 3.05) is 39.6 Å². The number of ether oxygens (including phenoxy) is 4. The van der Waals surface area contributed by atoms with Gasteiger partial charge in [-0.2, -0.15) is 0 Å². The summed E-state index contributed by atoms with van der Waals surface area (Å²) in [7, 11) is -9.91. The number of unbranched alkanes of at least 4 members (excludes halogenated alkanes) is 52. The minimum atomic E-state index is -4.96. The Bertz CT molecular complexity index is 1980. The number of carbonyl (C=O) groups is 4.